The molecule has 2 rings (SSSR count). The maximum atomic E-state index is 12.0. The van der Waals surface area contributed by atoms with Crippen molar-refractivity contribution in [2.45, 2.75) is 132 Å². The fourth-order valence-electron chi connectivity index (χ4n) is 5.03. The number of Topliss-reactive ketones (excluding diaryl/α,β-unsaturated/α-hetero) is 2. The fourth-order valence-corrected chi connectivity index (χ4v) is 5.03. The van der Waals surface area contributed by atoms with E-state index < -0.39 is 24.3 Å². The van der Waals surface area contributed by atoms with E-state index in [2.05, 4.69) is 10.6 Å². The zero-order valence-corrected chi connectivity index (χ0v) is 29.8. The molecule has 0 spiro atoms. The van der Waals surface area contributed by atoms with Crippen molar-refractivity contribution in [2.24, 2.45) is 47.3 Å². The van der Waals surface area contributed by atoms with Gasteiger partial charge in [-0.25, -0.2) is 4.79 Å². The number of aliphatic hydroxyl groups is 3. The molecule has 2 amide bonds. The van der Waals surface area contributed by atoms with Gasteiger partial charge in [0, 0.05) is 37.8 Å². The smallest absolute Gasteiger partial charge is 0.332 e. The number of nitrogens with one attached hydrogen (secondary N) is 2. The van der Waals surface area contributed by atoms with Crippen molar-refractivity contribution in [1.82, 2.24) is 10.6 Å². The molecule has 0 saturated carbocycles. The van der Waals surface area contributed by atoms with E-state index in [1.165, 1.54) is 0 Å². The lowest BCUT2D eigenvalue weighted by atomic mass is 9.86. The van der Waals surface area contributed by atoms with Crippen LogP contribution in [0.3, 0.4) is 0 Å². The summed E-state index contributed by atoms with van der Waals surface area (Å²) in [7, 11) is 0. The first-order valence-electron chi connectivity index (χ1n) is 17.2. The van der Waals surface area contributed by atoms with Gasteiger partial charge < -0.3 is 31.1 Å². The maximum Gasteiger partial charge on any atom is 0.332 e. The molecule has 2 aliphatic heterocycles. The second-order valence-corrected chi connectivity index (χ2v) is 14.3. The van der Waals surface area contributed by atoms with Crippen LogP contribution in [0.2, 0.25) is 0 Å². The van der Waals surface area contributed by atoms with Gasteiger partial charge in [-0.2, -0.15) is 0 Å². The van der Waals surface area contributed by atoms with Gasteiger partial charge >= 0.3 is 5.97 Å². The summed E-state index contributed by atoms with van der Waals surface area (Å²) in [5, 5.41) is 42.9. The molecule has 2 heterocycles. The minimum Gasteiger partial charge on any atom is -0.479 e. The number of carboxylic acids is 1. The number of hydrogen-bond donors (Lipinski definition) is 6. The van der Waals surface area contributed by atoms with Crippen LogP contribution < -0.4 is 10.6 Å². The Labute approximate surface area is 276 Å². The minimum atomic E-state index is -1.22. The molecule has 1 unspecified atom stereocenters. The van der Waals surface area contributed by atoms with Gasteiger partial charge in [-0.3, -0.25) is 19.2 Å². The Hall–Kier alpha value is -2.37. The highest BCUT2D eigenvalue weighted by atomic mass is 16.4. The van der Waals surface area contributed by atoms with Crippen LogP contribution in [-0.2, 0) is 24.0 Å². The summed E-state index contributed by atoms with van der Waals surface area (Å²) in [5.74, 6) is -1.71. The summed E-state index contributed by atoms with van der Waals surface area (Å²) in [5.41, 5.74) is 0. The summed E-state index contributed by atoms with van der Waals surface area (Å²) in [4.78, 5) is 57.6. The van der Waals surface area contributed by atoms with Crippen molar-refractivity contribution >= 4 is 29.4 Å². The quantitative estimate of drug-likeness (QED) is 0.171. The van der Waals surface area contributed by atoms with E-state index in [0.717, 1.165) is 38.5 Å². The molecule has 0 bridgehead atoms. The predicted molar refractivity (Wildman–Crippen MR) is 178 cm³/mol. The number of rotatable bonds is 13. The summed E-state index contributed by atoms with van der Waals surface area (Å²) in [6.45, 7) is 18.6. The Bertz CT molecular complexity index is 892. The predicted octanol–water partition coefficient (Wildman–Crippen LogP) is 3.75. The zero-order chi connectivity index (χ0) is 35.7. The number of hydrogen-bond acceptors (Lipinski definition) is 8. The van der Waals surface area contributed by atoms with E-state index in [4.69, 9.17) is 10.2 Å². The molecule has 46 heavy (non-hydrogen) atoms. The molecule has 0 aromatic carbocycles. The van der Waals surface area contributed by atoms with Gasteiger partial charge in [0.25, 0.3) is 0 Å². The molecule has 0 aromatic rings. The molecule has 2 fully saturated rings. The molecular weight excluding hydrogens is 592 g/mol. The molecule has 8 atom stereocenters. The van der Waals surface area contributed by atoms with Crippen molar-refractivity contribution in [3.05, 3.63) is 0 Å². The van der Waals surface area contributed by atoms with Crippen LogP contribution in [0.15, 0.2) is 0 Å². The van der Waals surface area contributed by atoms with Crippen LogP contribution in [0.4, 0.5) is 0 Å². The number of carbonyl (C=O) groups is 5. The van der Waals surface area contributed by atoms with Gasteiger partial charge in [0.15, 0.2) is 17.7 Å². The van der Waals surface area contributed by atoms with Crippen LogP contribution in [-0.4, -0.2) is 81.2 Å². The van der Waals surface area contributed by atoms with E-state index >= 15 is 0 Å². The van der Waals surface area contributed by atoms with Crippen molar-refractivity contribution in [2.75, 3.05) is 13.1 Å². The second-order valence-electron chi connectivity index (χ2n) is 14.3. The lowest BCUT2D eigenvalue weighted by Gasteiger charge is -2.22. The van der Waals surface area contributed by atoms with Gasteiger partial charge in [0.05, 0.1) is 0 Å². The molecule has 0 aromatic heterocycles. The van der Waals surface area contributed by atoms with Gasteiger partial charge in [0.2, 0.25) is 11.8 Å². The summed E-state index contributed by atoms with van der Waals surface area (Å²) in [6.07, 6.45) is 2.61. The summed E-state index contributed by atoms with van der Waals surface area (Å²) >= 11 is 0. The van der Waals surface area contributed by atoms with Crippen LogP contribution in [0.25, 0.3) is 0 Å². The van der Waals surface area contributed by atoms with Gasteiger partial charge in [-0.05, 0) is 61.2 Å². The van der Waals surface area contributed by atoms with E-state index in [0.29, 0.717) is 13.1 Å². The Morgan fingerprint density at radius 3 is 1.15 bits per heavy atom. The second kappa shape index (κ2) is 22.2. The third-order valence-corrected chi connectivity index (χ3v) is 9.76. The molecular formula is C35H64N2O9. The average molecular weight is 657 g/mol. The molecule has 11 nitrogen and oxygen atoms in total. The first-order valence-corrected chi connectivity index (χ1v) is 17.2. The third kappa shape index (κ3) is 16.0. The molecule has 268 valence electrons. The number of aliphatic hydroxyl groups excluding tert-OH is 3. The first kappa shape index (κ1) is 43.6. The van der Waals surface area contributed by atoms with Crippen molar-refractivity contribution in [3.63, 3.8) is 0 Å². The fraction of sp³-hybridized carbons (Fsp3) is 0.857. The largest absolute Gasteiger partial charge is 0.479 e. The number of carboxylic acid groups (broad SMARTS) is 1. The average Bonchev–Trinajstić information content (AvgIpc) is 3.33. The zero-order valence-electron chi connectivity index (χ0n) is 29.8. The van der Waals surface area contributed by atoms with E-state index in [-0.39, 0.29) is 83.6 Å². The monoisotopic (exact) mass is 656 g/mol. The number of ketones is 2. The highest BCUT2D eigenvalue weighted by molar-refractivity contribution is 5.90. The highest BCUT2D eigenvalue weighted by Crippen LogP contribution is 2.23. The van der Waals surface area contributed by atoms with Crippen molar-refractivity contribution in [1.29, 1.82) is 0 Å². The minimum absolute atomic E-state index is 0.0368. The van der Waals surface area contributed by atoms with Crippen LogP contribution in [0.1, 0.15) is 114 Å². The standard InChI is InChI=1S/2C14H25NO3.C7H14O3/c2*1-9(2)10(3)13(17)12(16)8-11-6-4-5-7-15-14(11)18;1-4(2)5(3)6(8)7(9)10/h2*9-11,13,17H,4-8H2,1-3H3,(H,15,18);4-6,8H,1-3H3,(H,9,10)/t10-,11+,13+;10-,11+,13-;5-,6?/m000/s1. The molecule has 2 saturated heterocycles. The van der Waals surface area contributed by atoms with Crippen LogP contribution >= 0.6 is 0 Å². The topological polar surface area (TPSA) is 190 Å². The summed E-state index contributed by atoms with van der Waals surface area (Å²) < 4.78 is 0. The Morgan fingerprint density at radius 1 is 0.587 bits per heavy atom. The van der Waals surface area contributed by atoms with Crippen molar-refractivity contribution in [3.8, 4) is 0 Å². The first-order chi connectivity index (χ1) is 21.3. The van der Waals surface area contributed by atoms with E-state index in [1.807, 2.05) is 55.4 Å². The SMILES string of the molecule is CC(C)[C@H](C)C(O)C(=O)O.CC(C)[C@H](C)[C@@H](O)C(=O)C[C@H]1CCCCNC1=O.CC(C)[C@H](C)[C@H](O)C(=O)C[C@H]1CCCCNC1=O. The van der Waals surface area contributed by atoms with Gasteiger partial charge in [0.1, 0.15) is 12.2 Å². The van der Waals surface area contributed by atoms with Crippen LogP contribution in [0.5, 0.6) is 0 Å². The van der Waals surface area contributed by atoms with Crippen LogP contribution in [0, 0.1) is 47.3 Å². The van der Waals surface area contributed by atoms with Gasteiger partial charge in [-0.15, -0.1) is 0 Å². The number of amides is 2. The molecule has 6 N–H and O–H groups in total. The van der Waals surface area contributed by atoms with Crippen molar-refractivity contribution < 1.29 is 44.4 Å². The molecule has 11 heteroatoms. The Kier molecular flexibility index (Phi) is 21.1. The molecule has 0 aliphatic carbocycles. The normalized spacial score (nSPS) is 22.7. The lowest BCUT2D eigenvalue weighted by Crippen LogP contribution is -2.36. The lowest BCUT2D eigenvalue weighted by molar-refractivity contribution is -0.150. The van der Waals surface area contributed by atoms with Gasteiger partial charge in [-0.1, -0.05) is 75.2 Å². The summed E-state index contributed by atoms with van der Waals surface area (Å²) in [6, 6.07) is 0. The maximum absolute atomic E-state index is 12.0. The Balaban J connectivity index is 0.000000691. The van der Waals surface area contributed by atoms with E-state index in [1.54, 1.807) is 6.92 Å². The third-order valence-electron chi connectivity index (χ3n) is 9.76. The molecule has 0 radical (unpaired) electrons. The number of aliphatic carboxylic acids is 1. The highest BCUT2D eigenvalue weighted by Gasteiger charge is 2.31. The molecule has 2 aliphatic rings. The number of carbonyl (C=O) groups excluding carboxylic acids is 4. The Morgan fingerprint density at radius 2 is 0.891 bits per heavy atom. The van der Waals surface area contributed by atoms with E-state index in [9.17, 15) is 34.2 Å².